The smallest absolute Gasteiger partial charge is 0.271 e. The zero-order valence-corrected chi connectivity index (χ0v) is 17.1. The molecule has 2 unspecified atom stereocenters. The van der Waals surface area contributed by atoms with E-state index >= 15 is 0 Å². The van der Waals surface area contributed by atoms with Gasteiger partial charge in [0.1, 0.15) is 0 Å². The van der Waals surface area contributed by atoms with Crippen molar-refractivity contribution in [1.82, 2.24) is 0 Å². The van der Waals surface area contributed by atoms with E-state index in [9.17, 15) is 15.2 Å². The lowest BCUT2D eigenvalue weighted by Crippen LogP contribution is -2.15. The van der Waals surface area contributed by atoms with E-state index in [0.717, 1.165) is 15.6 Å². The highest BCUT2D eigenvalue weighted by Gasteiger charge is 2.19. The first-order chi connectivity index (χ1) is 13.4. The van der Waals surface area contributed by atoms with Crippen LogP contribution in [0.25, 0.3) is 0 Å². The minimum atomic E-state index is -0.708. The molecule has 0 bridgehead atoms. The van der Waals surface area contributed by atoms with Crippen molar-refractivity contribution in [2.24, 2.45) is 0 Å². The average Bonchev–Trinajstić information content (AvgIpc) is 2.68. The van der Waals surface area contributed by atoms with Crippen LogP contribution in [0.15, 0.2) is 77.3 Å². The summed E-state index contributed by atoms with van der Waals surface area (Å²) in [6.45, 7) is 0. The van der Waals surface area contributed by atoms with Gasteiger partial charge in [0.05, 0.1) is 17.1 Å². The van der Waals surface area contributed by atoms with Crippen LogP contribution in [0.3, 0.4) is 0 Å². The average molecular weight is 462 g/mol. The maximum absolute atomic E-state index is 11.1. The molecule has 28 heavy (non-hydrogen) atoms. The van der Waals surface area contributed by atoms with Gasteiger partial charge in [-0.3, -0.25) is 10.1 Å². The van der Waals surface area contributed by atoms with Gasteiger partial charge >= 0.3 is 0 Å². The first kappa shape index (κ1) is 20.3. The van der Waals surface area contributed by atoms with E-state index in [1.165, 1.54) is 12.1 Å². The molecular formula is C21H18BrClN2O3. The van der Waals surface area contributed by atoms with Crippen molar-refractivity contribution in [3.05, 3.63) is 104 Å². The summed E-state index contributed by atoms with van der Waals surface area (Å²) in [4.78, 5) is 10.6. The van der Waals surface area contributed by atoms with Gasteiger partial charge in [-0.2, -0.15) is 0 Å². The van der Waals surface area contributed by atoms with E-state index in [0.29, 0.717) is 17.1 Å². The molecular weight excluding hydrogens is 444 g/mol. The van der Waals surface area contributed by atoms with E-state index in [4.69, 9.17) is 11.6 Å². The van der Waals surface area contributed by atoms with Gasteiger partial charge in [-0.05, 0) is 41.5 Å². The van der Waals surface area contributed by atoms with Crippen LogP contribution in [0, 0.1) is 10.1 Å². The number of hydrogen-bond donors (Lipinski definition) is 2. The van der Waals surface area contributed by atoms with Gasteiger partial charge in [-0.1, -0.05) is 57.9 Å². The zero-order chi connectivity index (χ0) is 20.1. The maximum Gasteiger partial charge on any atom is 0.271 e. The predicted molar refractivity (Wildman–Crippen MR) is 115 cm³/mol. The molecule has 0 aromatic heterocycles. The van der Waals surface area contributed by atoms with Crippen LogP contribution in [0.2, 0.25) is 5.02 Å². The molecule has 0 spiro atoms. The summed E-state index contributed by atoms with van der Waals surface area (Å²) in [7, 11) is 0. The van der Waals surface area contributed by atoms with Gasteiger partial charge < -0.3 is 10.4 Å². The first-order valence-electron chi connectivity index (χ1n) is 8.62. The molecule has 0 fully saturated rings. The fourth-order valence-electron chi connectivity index (χ4n) is 2.93. The Morgan fingerprint density at radius 2 is 1.68 bits per heavy atom. The monoisotopic (exact) mass is 460 g/mol. The number of nitro groups is 1. The van der Waals surface area contributed by atoms with Crippen molar-refractivity contribution in [3.8, 4) is 0 Å². The standard InChI is InChI=1S/C21H18BrClN2O3/c22-16-8-4-15(5-9-16)21(26)13-20(14-6-10-17(23)11-7-14)24-18-2-1-3-19(12-18)25(27)28/h1-12,20-21,24,26H,13H2. The first-order valence-corrected chi connectivity index (χ1v) is 9.79. The summed E-state index contributed by atoms with van der Waals surface area (Å²) >= 11 is 9.39. The number of aliphatic hydroxyl groups excluding tert-OH is 1. The Bertz CT molecular complexity index is 949. The molecule has 0 aliphatic rings. The maximum atomic E-state index is 11.1. The number of nitrogens with one attached hydrogen (secondary N) is 1. The summed E-state index contributed by atoms with van der Waals surface area (Å²) in [5.74, 6) is 0. The van der Waals surface area contributed by atoms with Crippen molar-refractivity contribution < 1.29 is 10.0 Å². The van der Waals surface area contributed by atoms with Crippen LogP contribution in [0.5, 0.6) is 0 Å². The quantitative estimate of drug-likeness (QED) is 0.320. The lowest BCUT2D eigenvalue weighted by Gasteiger charge is -2.23. The second-order valence-electron chi connectivity index (χ2n) is 6.36. The van der Waals surface area contributed by atoms with Crippen molar-refractivity contribution >= 4 is 38.9 Å². The lowest BCUT2D eigenvalue weighted by atomic mass is 9.96. The molecule has 2 atom stereocenters. The number of aliphatic hydroxyl groups is 1. The molecule has 5 nitrogen and oxygen atoms in total. The third-order valence-corrected chi connectivity index (χ3v) is 5.16. The highest BCUT2D eigenvalue weighted by Crippen LogP contribution is 2.31. The Balaban J connectivity index is 1.86. The van der Waals surface area contributed by atoms with Crippen LogP contribution in [-0.2, 0) is 0 Å². The van der Waals surface area contributed by atoms with E-state index in [-0.39, 0.29) is 11.7 Å². The number of anilines is 1. The van der Waals surface area contributed by atoms with Gasteiger partial charge in [0, 0.05) is 33.7 Å². The van der Waals surface area contributed by atoms with Crippen LogP contribution in [-0.4, -0.2) is 10.0 Å². The Labute approximate surface area is 176 Å². The molecule has 2 N–H and O–H groups in total. The topological polar surface area (TPSA) is 75.4 Å². The Hall–Kier alpha value is -2.41. The second kappa shape index (κ2) is 9.19. The molecule has 7 heteroatoms. The van der Waals surface area contributed by atoms with E-state index in [1.807, 2.05) is 36.4 Å². The third-order valence-electron chi connectivity index (χ3n) is 4.38. The lowest BCUT2D eigenvalue weighted by molar-refractivity contribution is -0.384. The second-order valence-corrected chi connectivity index (χ2v) is 7.71. The van der Waals surface area contributed by atoms with Crippen molar-refractivity contribution in [2.75, 3.05) is 5.32 Å². The molecule has 3 rings (SSSR count). The van der Waals surface area contributed by atoms with Crippen molar-refractivity contribution in [3.63, 3.8) is 0 Å². The SMILES string of the molecule is O=[N+]([O-])c1cccc(NC(CC(O)c2ccc(Br)cc2)c2ccc(Cl)cc2)c1. The number of non-ortho nitro benzene ring substituents is 1. The number of rotatable bonds is 7. The zero-order valence-electron chi connectivity index (χ0n) is 14.8. The normalized spacial score (nSPS) is 13.0. The van der Waals surface area contributed by atoms with Crippen LogP contribution in [0.4, 0.5) is 11.4 Å². The summed E-state index contributed by atoms with van der Waals surface area (Å²) in [6, 6.07) is 20.9. The van der Waals surface area contributed by atoms with E-state index < -0.39 is 11.0 Å². The molecule has 144 valence electrons. The molecule has 0 saturated carbocycles. The van der Waals surface area contributed by atoms with Crippen LogP contribution in [0.1, 0.15) is 29.7 Å². The third kappa shape index (κ3) is 5.32. The fraction of sp³-hybridized carbons (Fsp3) is 0.143. The summed E-state index contributed by atoms with van der Waals surface area (Å²) in [5, 5.41) is 25.7. The molecule has 3 aromatic carbocycles. The van der Waals surface area contributed by atoms with Gasteiger partial charge in [0.2, 0.25) is 0 Å². The molecule has 0 radical (unpaired) electrons. The largest absolute Gasteiger partial charge is 0.388 e. The Morgan fingerprint density at radius 3 is 2.32 bits per heavy atom. The highest BCUT2D eigenvalue weighted by atomic mass is 79.9. The van der Waals surface area contributed by atoms with Crippen LogP contribution < -0.4 is 5.32 Å². The minimum absolute atomic E-state index is 0.00770. The number of nitro benzene ring substituents is 1. The van der Waals surface area contributed by atoms with E-state index in [1.54, 1.807) is 24.3 Å². The van der Waals surface area contributed by atoms with E-state index in [2.05, 4.69) is 21.2 Å². The van der Waals surface area contributed by atoms with Crippen molar-refractivity contribution in [2.45, 2.75) is 18.6 Å². The van der Waals surface area contributed by atoms with Crippen LogP contribution >= 0.6 is 27.5 Å². The summed E-state index contributed by atoms with van der Waals surface area (Å²) in [5.41, 5.74) is 2.33. The summed E-state index contributed by atoms with van der Waals surface area (Å²) in [6.07, 6.45) is -0.327. The molecule has 0 aliphatic heterocycles. The number of hydrogen-bond acceptors (Lipinski definition) is 4. The molecule has 0 heterocycles. The number of halogens is 2. The molecule has 0 saturated heterocycles. The molecule has 0 aliphatic carbocycles. The highest BCUT2D eigenvalue weighted by molar-refractivity contribution is 9.10. The minimum Gasteiger partial charge on any atom is -0.388 e. The van der Waals surface area contributed by atoms with Gasteiger partial charge in [0.25, 0.3) is 5.69 Å². The van der Waals surface area contributed by atoms with Gasteiger partial charge in [-0.25, -0.2) is 0 Å². The fourth-order valence-corrected chi connectivity index (χ4v) is 3.32. The van der Waals surface area contributed by atoms with Crippen molar-refractivity contribution in [1.29, 1.82) is 0 Å². The van der Waals surface area contributed by atoms with Gasteiger partial charge in [0.15, 0.2) is 0 Å². The summed E-state index contributed by atoms with van der Waals surface area (Å²) < 4.78 is 0.937. The molecule has 0 amide bonds. The Morgan fingerprint density at radius 1 is 1.04 bits per heavy atom. The number of nitrogens with zero attached hydrogens (tertiary/aromatic N) is 1. The Kier molecular flexibility index (Phi) is 6.67. The number of benzene rings is 3. The predicted octanol–water partition coefficient (Wildman–Crippen LogP) is 6.29. The molecule has 3 aromatic rings. The van der Waals surface area contributed by atoms with Gasteiger partial charge in [-0.15, -0.1) is 0 Å².